The maximum absolute atomic E-state index is 4.44. The van der Waals surface area contributed by atoms with E-state index >= 15 is 0 Å². The Kier molecular flexibility index (Phi) is 3.01. The Hall–Kier alpha value is -0.640. The average molecular weight is 256 g/mol. The summed E-state index contributed by atoms with van der Waals surface area (Å²) < 4.78 is 0.880. The molecule has 1 saturated heterocycles. The molecule has 4 heteroatoms. The minimum Gasteiger partial charge on any atom is -0.356 e. The van der Waals surface area contributed by atoms with Gasteiger partial charge in [0.2, 0.25) is 0 Å². The van der Waals surface area contributed by atoms with Crippen molar-refractivity contribution in [3.05, 3.63) is 16.5 Å². The highest BCUT2D eigenvalue weighted by atomic mass is 79.9. The topological polar surface area (TPSA) is 29.0 Å². The summed E-state index contributed by atoms with van der Waals surface area (Å²) >= 11 is 3.40. The third-order valence-corrected chi connectivity index (χ3v) is 2.88. The van der Waals surface area contributed by atoms with Crippen molar-refractivity contribution in [2.24, 2.45) is 0 Å². The van der Waals surface area contributed by atoms with Gasteiger partial charge in [0.15, 0.2) is 0 Å². The molecule has 2 heterocycles. The molecule has 3 nitrogen and oxygen atoms in total. The van der Waals surface area contributed by atoms with Gasteiger partial charge in [-0.05, 0) is 42.1 Å². The average Bonchev–Trinajstić information content (AvgIpc) is 2.18. The Bertz CT molecular complexity index is 301. The van der Waals surface area contributed by atoms with E-state index in [0.29, 0.717) is 0 Å². The first-order valence-corrected chi connectivity index (χ1v) is 5.81. The Morgan fingerprint density at radius 1 is 1.21 bits per heavy atom. The van der Waals surface area contributed by atoms with E-state index in [1.54, 1.807) is 0 Å². The van der Waals surface area contributed by atoms with Crippen LogP contribution >= 0.6 is 15.9 Å². The summed E-state index contributed by atoms with van der Waals surface area (Å²) in [6.45, 7) is 4.18. The smallest absolute Gasteiger partial charge is 0.133 e. The molecule has 0 amide bonds. The third-order valence-electron chi connectivity index (χ3n) is 2.47. The van der Waals surface area contributed by atoms with E-state index in [2.05, 4.69) is 30.8 Å². The van der Waals surface area contributed by atoms with Crippen molar-refractivity contribution in [2.75, 3.05) is 18.0 Å². The second kappa shape index (κ2) is 4.26. The maximum atomic E-state index is 4.44. The van der Waals surface area contributed by atoms with Crippen LogP contribution in [0.25, 0.3) is 0 Å². The molecule has 0 unspecified atom stereocenters. The molecule has 2 rings (SSSR count). The number of hydrogen-bond acceptors (Lipinski definition) is 3. The highest BCUT2D eigenvalue weighted by molar-refractivity contribution is 9.10. The predicted molar refractivity (Wildman–Crippen MR) is 60.5 cm³/mol. The number of aromatic nitrogens is 2. The van der Waals surface area contributed by atoms with Crippen molar-refractivity contribution in [2.45, 2.75) is 26.2 Å². The van der Waals surface area contributed by atoms with Crippen LogP contribution in [0.2, 0.25) is 0 Å². The van der Waals surface area contributed by atoms with Crippen LogP contribution in [0.4, 0.5) is 5.82 Å². The van der Waals surface area contributed by atoms with Gasteiger partial charge in [-0.3, -0.25) is 0 Å². The zero-order chi connectivity index (χ0) is 9.97. The molecule has 0 N–H and O–H groups in total. The summed E-state index contributed by atoms with van der Waals surface area (Å²) in [5.41, 5.74) is 0. The molecule has 0 radical (unpaired) electrons. The predicted octanol–water partition coefficient (Wildman–Crippen LogP) is 2.54. The molecule has 1 aromatic rings. The Morgan fingerprint density at radius 2 is 1.93 bits per heavy atom. The fraction of sp³-hybridized carbons (Fsp3) is 0.600. The molecule has 0 atom stereocenters. The number of anilines is 1. The normalized spacial score (nSPS) is 17.1. The van der Waals surface area contributed by atoms with Crippen molar-refractivity contribution in [1.82, 2.24) is 9.97 Å². The quantitative estimate of drug-likeness (QED) is 0.723. The van der Waals surface area contributed by atoms with Crippen LogP contribution in [-0.2, 0) is 0 Å². The van der Waals surface area contributed by atoms with E-state index < -0.39 is 0 Å². The summed E-state index contributed by atoms with van der Waals surface area (Å²) in [7, 11) is 0. The van der Waals surface area contributed by atoms with E-state index in [9.17, 15) is 0 Å². The number of hydrogen-bond donors (Lipinski definition) is 0. The lowest BCUT2D eigenvalue weighted by molar-refractivity contribution is 0.572. The number of rotatable bonds is 1. The molecule has 1 aromatic heterocycles. The molecule has 0 aliphatic carbocycles. The second-order valence-electron chi connectivity index (χ2n) is 3.64. The first-order chi connectivity index (χ1) is 6.75. The van der Waals surface area contributed by atoms with Crippen LogP contribution in [0, 0.1) is 6.92 Å². The molecule has 0 aromatic carbocycles. The molecule has 1 aliphatic rings. The Balaban J connectivity index is 2.21. The van der Waals surface area contributed by atoms with Gasteiger partial charge in [0.25, 0.3) is 0 Å². The van der Waals surface area contributed by atoms with Crippen LogP contribution in [0.5, 0.6) is 0 Å². The fourth-order valence-corrected chi connectivity index (χ4v) is 2.26. The van der Waals surface area contributed by atoms with Gasteiger partial charge in [0.1, 0.15) is 16.2 Å². The SMILES string of the molecule is Cc1nc(Br)cc(N2CCCCC2)n1. The zero-order valence-electron chi connectivity index (χ0n) is 8.33. The Morgan fingerprint density at radius 3 is 2.57 bits per heavy atom. The highest BCUT2D eigenvalue weighted by Gasteiger charge is 2.12. The van der Waals surface area contributed by atoms with Gasteiger partial charge < -0.3 is 4.90 Å². The van der Waals surface area contributed by atoms with Crippen LogP contribution in [-0.4, -0.2) is 23.1 Å². The molecule has 1 aliphatic heterocycles. The molecule has 0 bridgehead atoms. The number of piperidine rings is 1. The van der Waals surface area contributed by atoms with Gasteiger partial charge in [0.05, 0.1) is 0 Å². The molecule has 76 valence electrons. The third kappa shape index (κ3) is 2.23. The minimum atomic E-state index is 0.833. The fourth-order valence-electron chi connectivity index (χ4n) is 1.80. The van der Waals surface area contributed by atoms with E-state index in [4.69, 9.17) is 0 Å². The van der Waals surface area contributed by atoms with Crippen molar-refractivity contribution >= 4 is 21.7 Å². The summed E-state index contributed by atoms with van der Waals surface area (Å²) in [5, 5.41) is 0. The van der Waals surface area contributed by atoms with E-state index in [1.165, 1.54) is 19.3 Å². The van der Waals surface area contributed by atoms with Crippen LogP contribution in [0.1, 0.15) is 25.1 Å². The molecule has 1 fully saturated rings. The van der Waals surface area contributed by atoms with Gasteiger partial charge in [0, 0.05) is 19.2 Å². The van der Waals surface area contributed by atoms with E-state index in [0.717, 1.165) is 29.3 Å². The monoisotopic (exact) mass is 255 g/mol. The lowest BCUT2D eigenvalue weighted by Crippen LogP contribution is -2.30. The summed E-state index contributed by atoms with van der Waals surface area (Å²) in [5.74, 6) is 1.89. The van der Waals surface area contributed by atoms with Crippen molar-refractivity contribution in [1.29, 1.82) is 0 Å². The lowest BCUT2D eigenvalue weighted by atomic mass is 10.1. The van der Waals surface area contributed by atoms with Gasteiger partial charge in [-0.2, -0.15) is 0 Å². The molecule has 14 heavy (non-hydrogen) atoms. The summed E-state index contributed by atoms with van der Waals surface area (Å²) in [4.78, 5) is 11.0. The number of aryl methyl sites for hydroxylation is 1. The van der Waals surface area contributed by atoms with Crippen molar-refractivity contribution in [3.8, 4) is 0 Å². The van der Waals surface area contributed by atoms with Gasteiger partial charge >= 0.3 is 0 Å². The lowest BCUT2D eigenvalue weighted by Gasteiger charge is -2.27. The zero-order valence-corrected chi connectivity index (χ0v) is 9.92. The van der Waals surface area contributed by atoms with Gasteiger partial charge in [-0.1, -0.05) is 0 Å². The van der Waals surface area contributed by atoms with Gasteiger partial charge in [-0.15, -0.1) is 0 Å². The number of halogens is 1. The molecule has 0 saturated carbocycles. The van der Waals surface area contributed by atoms with Crippen molar-refractivity contribution in [3.63, 3.8) is 0 Å². The largest absolute Gasteiger partial charge is 0.356 e. The minimum absolute atomic E-state index is 0.833. The van der Waals surface area contributed by atoms with Crippen LogP contribution < -0.4 is 4.90 Å². The second-order valence-corrected chi connectivity index (χ2v) is 4.46. The standard InChI is InChI=1S/C10H14BrN3/c1-8-12-9(11)7-10(13-8)14-5-3-2-4-6-14/h7H,2-6H2,1H3. The molecule has 0 spiro atoms. The van der Waals surface area contributed by atoms with E-state index in [1.807, 2.05) is 13.0 Å². The first kappa shape index (κ1) is 9.90. The van der Waals surface area contributed by atoms with Crippen molar-refractivity contribution < 1.29 is 0 Å². The highest BCUT2D eigenvalue weighted by Crippen LogP contribution is 2.20. The van der Waals surface area contributed by atoms with Crippen LogP contribution in [0.3, 0.4) is 0 Å². The summed E-state index contributed by atoms with van der Waals surface area (Å²) in [6, 6.07) is 2.00. The van der Waals surface area contributed by atoms with Gasteiger partial charge in [-0.25, -0.2) is 9.97 Å². The molecular weight excluding hydrogens is 242 g/mol. The number of nitrogens with zero attached hydrogens (tertiary/aromatic N) is 3. The van der Waals surface area contributed by atoms with Crippen LogP contribution in [0.15, 0.2) is 10.7 Å². The summed E-state index contributed by atoms with van der Waals surface area (Å²) in [6.07, 6.45) is 3.91. The first-order valence-electron chi connectivity index (χ1n) is 5.02. The van der Waals surface area contributed by atoms with E-state index in [-0.39, 0.29) is 0 Å². The maximum Gasteiger partial charge on any atom is 0.133 e. The Labute approximate surface area is 92.7 Å². The molecular formula is C10H14BrN3.